The molecular formula is C11H14FNS. The molecular weight excluding hydrogens is 197 g/mol. The monoisotopic (exact) mass is 211 g/mol. The smallest absolute Gasteiger partial charge is 0.124 e. The Morgan fingerprint density at radius 3 is 3.07 bits per heavy atom. The Morgan fingerprint density at radius 2 is 2.36 bits per heavy atom. The molecule has 76 valence electrons. The first-order valence-electron chi connectivity index (χ1n) is 4.53. The number of nitrogens with one attached hydrogen (secondary N) is 1. The molecule has 0 aliphatic rings. The molecule has 0 atom stereocenters. The molecule has 0 aromatic heterocycles. The zero-order valence-electron chi connectivity index (χ0n) is 8.00. The molecule has 1 N–H and O–H groups in total. The summed E-state index contributed by atoms with van der Waals surface area (Å²) in [5.41, 5.74) is 0. The van der Waals surface area contributed by atoms with Crippen LogP contribution in [0.15, 0.2) is 41.8 Å². The highest BCUT2D eigenvalue weighted by molar-refractivity contribution is 7.99. The molecule has 0 heterocycles. The maximum absolute atomic E-state index is 12.8. The SMILES string of the molecule is C=CCNCCSc1cccc(F)c1. The van der Waals surface area contributed by atoms with Gasteiger partial charge < -0.3 is 5.32 Å². The van der Waals surface area contributed by atoms with Gasteiger partial charge in [-0.25, -0.2) is 4.39 Å². The minimum absolute atomic E-state index is 0.172. The Kier molecular flexibility index (Phi) is 5.33. The third kappa shape index (κ3) is 4.44. The van der Waals surface area contributed by atoms with Crippen LogP contribution in [0.25, 0.3) is 0 Å². The quantitative estimate of drug-likeness (QED) is 0.441. The second kappa shape index (κ2) is 6.62. The molecule has 0 saturated heterocycles. The van der Waals surface area contributed by atoms with E-state index >= 15 is 0 Å². The highest BCUT2D eigenvalue weighted by Gasteiger charge is 1.94. The van der Waals surface area contributed by atoms with Crippen LogP contribution in [0.5, 0.6) is 0 Å². The van der Waals surface area contributed by atoms with Gasteiger partial charge in [0.1, 0.15) is 5.82 Å². The van der Waals surface area contributed by atoms with E-state index in [0.29, 0.717) is 0 Å². The van der Waals surface area contributed by atoms with Crippen LogP contribution < -0.4 is 5.32 Å². The van der Waals surface area contributed by atoms with Gasteiger partial charge in [-0.3, -0.25) is 0 Å². The van der Waals surface area contributed by atoms with Crippen LogP contribution in [0, 0.1) is 5.82 Å². The number of hydrogen-bond donors (Lipinski definition) is 1. The zero-order valence-corrected chi connectivity index (χ0v) is 8.82. The summed E-state index contributed by atoms with van der Waals surface area (Å²) >= 11 is 1.65. The molecule has 0 unspecified atom stereocenters. The van der Waals surface area contributed by atoms with E-state index in [1.807, 2.05) is 12.1 Å². The molecule has 0 fully saturated rings. The van der Waals surface area contributed by atoms with Gasteiger partial charge in [0.2, 0.25) is 0 Å². The normalized spacial score (nSPS) is 10.1. The van der Waals surface area contributed by atoms with Crippen LogP contribution in [0.2, 0.25) is 0 Å². The molecule has 0 spiro atoms. The van der Waals surface area contributed by atoms with Gasteiger partial charge in [-0.15, -0.1) is 18.3 Å². The highest BCUT2D eigenvalue weighted by Crippen LogP contribution is 2.17. The van der Waals surface area contributed by atoms with Crippen molar-refractivity contribution in [2.24, 2.45) is 0 Å². The Morgan fingerprint density at radius 1 is 1.50 bits per heavy atom. The van der Waals surface area contributed by atoms with Crippen molar-refractivity contribution in [3.63, 3.8) is 0 Å². The average Bonchev–Trinajstić information content (AvgIpc) is 2.18. The van der Waals surface area contributed by atoms with Crippen LogP contribution >= 0.6 is 11.8 Å². The number of rotatable bonds is 6. The van der Waals surface area contributed by atoms with Crippen molar-refractivity contribution in [1.82, 2.24) is 5.32 Å². The van der Waals surface area contributed by atoms with Crippen LogP contribution in [-0.4, -0.2) is 18.8 Å². The standard InChI is InChI=1S/C11H14FNS/c1-2-6-13-7-8-14-11-5-3-4-10(12)9-11/h2-5,9,13H,1,6-8H2. The second-order valence-electron chi connectivity index (χ2n) is 2.80. The maximum atomic E-state index is 12.8. The number of hydrogen-bond acceptors (Lipinski definition) is 2. The molecule has 1 nitrogen and oxygen atoms in total. The maximum Gasteiger partial charge on any atom is 0.124 e. The van der Waals surface area contributed by atoms with Gasteiger partial charge >= 0.3 is 0 Å². The van der Waals surface area contributed by atoms with Crippen molar-refractivity contribution >= 4 is 11.8 Å². The molecule has 0 aliphatic heterocycles. The third-order valence-corrected chi connectivity index (χ3v) is 2.63. The van der Waals surface area contributed by atoms with E-state index in [9.17, 15) is 4.39 Å². The van der Waals surface area contributed by atoms with E-state index < -0.39 is 0 Å². The van der Waals surface area contributed by atoms with Crippen LogP contribution in [0.3, 0.4) is 0 Å². The van der Waals surface area contributed by atoms with E-state index in [-0.39, 0.29) is 5.82 Å². The number of halogens is 1. The predicted octanol–water partition coefficient (Wildman–Crippen LogP) is 2.69. The lowest BCUT2D eigenvalue weighted by Crippen LogP contribution is -2.16. The first-order chi connectivity index (χ1) is 6.83. The Labute approximate surface area is 88.4 Å². The summed E-state index contributed by atoms with van der Waals surface area (Å²) in [6.07, 6.45) is 1.83. The number of thioether (sulfide) groups is 1. The van der Waals surface area contributed by atoms with Gasteiger partial charge in [0, 0.05) is 23.7 Å². The Hall–Kier alpha value is -0.800. The van der Waals surface area contributed by atoms with E-state index in [2.05, 4.69) is 11.9 Å². The molecule has 0 aliphatic carbocycles. The van der Waals surface area contributed by atoms with Gasteiger partial charge in [-0.2, -0.15) is 0 Å². The van der Waals surface area contributed by atoms with Crippen LogP contribution in [0.4, 0.5) is 4.39 Å². The summed E-state index contributed by atoms with van der Waals surface area (Å²) in [5.74, 6) is 0.770. The van der Waals surface area contributed by atoms with Crippen LogP contribution in [-0.2, 0) is 0 Å². The topological polar surface area (TPSA) is 12.0 Å². The largest absolute Gasteiger partial charge is 0.312 e. The van der Waals surface area contributed by atoms with Crippen molar-refractivity contribution < 1.29 is 4.39 Å². The lowest BCUT2D eigenvalue weighted by Gasteiger charge is -2.02. The van der Waals surface area contributed by atoms with Crippen molar-refractivity contribution in [3.8, 4) is 0 Å². The van der Waals surface area contributed by atoms with Gasteiger partial charge in [0.05, 0.1) is 0 Å². The molecule has 1 aromatic rings. The summed E-state index contributed by atoms with van der Waals surface area (Å²) in [4.78, 5) is 0.977. The van der Waals surface area contributed by atoms with E-state index in [1.165, 1.54) is 6.07 Å². The first kappa shape index (κ1) is 11.3. The van der Waals surface area contributed by atoms with Gasteiger partial charge in [0.15, 0.2) is 0 Å². The molecule has 0 bridgehead atoms. The minimum atomic E-state index is -0.172. The van der Waals surface area contributed by atoms with Gasteiger partial charge in [-0.1, -0.05) is 12.1 Å². The average molecular weight is 211 g/mol. The summed E-state index contributed by atoms with van der Waals surface area (Å²) in [6.45, 7) is 5.34. The first-order valence-corrected chi connectivity index (χ1v) is 5.51. The van der Waals surface area contributed by atoms with Gasteiger partial charge in [0.25, 0.3) is 0 Å². The predicted molar refractivity (Wildman–Crippen MR) is 60.2 cm³/mol. The van der Waals surface area contributed by atoms with Crippen molar-refractivity contribution in [2.75, 3.05) is 18.8 Å². The Bertz CT molecular complexity index is 288. The van der Waals surface area contributed by atoms with E-state index in [1.54, 1.807) is 23.9 Å². The molecule has 0 radical (unpaired) electrons. The number of benzene rings is 1. The van der Waals surface area contributed by atoms with E-state index in [0.717, 1.165) is 23.7 Å². The van der Waals surface area contributed by atoms with Crippen molar-refractivity contribution in [1.29, 1.82) is 0 Å². The molecule has 14 heavy (non-hydrogen) atoms. The lowest BCUT2D eigenvalue weighted by molar-refractivity contribution is 0.624. The highest BCUT2D eigenvalue weighted by atomic mass is 32.2. The summed E-state index contributed by atoms with van der Waals surface area (Å²) in [6, 6.07) is 6.66. The molecule has 0 saturated carbocycles. The molecule has 3 heteroatoms. The van der Waals surface area contributed by atoms with Crippen molar-refractivity contribution in [2.45, 2.75) is 4.90 Å². The molecule has 0 amide bonds. The summed E-state index contributed by atoms with van der Waals surface area (Å²) < 4.78 is 12.8. The van der Waals surface area contributed by atoms with Crippen molar-refractivity contribution in [3.05, 3.63) is 42.7 Å². The summed E-state index contributed by atoms with van der Waals surface area (Å²) in [7, 11) is 0. The molecule has 1 rings (SSSR count). The Balaban J connectivity index is 2.21. The zero-order chi connectivity index (χ0) is 10.2. The fraction of sp³-hybridized carbons (Fsp3) is 0.273. The third-order valence-electron chi connectivity index (χ3n) is 1.63. The fourth-order valence-electron chi connectivity index (χ4n) is 1.00. The van der Waals surface area contributed by atoms with Gasteiger partial charge in [-0.05, 0) is 18.2 Å². The molecule has 1 aromatic carbocycles. The second-order valence-corrected chi connectivity index (χ2v) is 3.97. The lowest BCUT2D eigenvalue weighted by atomic mass is 10.4. The fourth-order valence-corrected chi connectivity index (χ4v) is 1.85. The van der Waals surface area contributed by atoms with E-state index in [4.69, 9.17) is 0 Å². The van der Waals surface area contributed by atoms with Crippen LogP contribution in [0.1, 0.15) is 0 Å². The summed E-state index contributed by atoms with van der Waals surface area (Å²) in [5, 5.41) is 3.19. The minimum Gasteiger partial charge on any atom is -0.312 e.